The molecule has 0 bridgehead atoms. The van der Waals surface area contributed by atoms with Gasteiger partial charge in [0.1, 0.15) is 5.82 Å². The van der Waals surface area contributed by atoms with Crippen LogP contribution in [0, 0.1) is 5.41 Å². The van der Waals surface area contributed by atoms with E-state index in [4.69, 9.17) is 0 Å². The Kier molecular flexibility index (Phi) is 5.86. The molecular formula is C21H34N4O. The zero-order valence-electron chi connectivity index (χ0n) is 16.9. The van der Waals surface area contributed by atoms with Crippen molar-refractivity contribution >= 4 is 17.4 Å². The van der Waals surface area contributed by atoms with Gasteiger partial charge < -0.3 is 9.80 Å². The molecule has 2 heterocycles. The molecule has 0 atom stereocenters. The molecule has 1 aromatic heterocycles. The van der Waals surface area contributed by atoms with Crippen LogP contribution >= 0.6 is 0 Å². The summed E-state index contributed by atoms with van der Waals surface area (Å²) in [6.45, 7) is 10.8. The lowest BCUT2D eigenvalue weighted by atomic mass is 9.74. The fourth-order valence-corrected chi connectivity index (χ4v) is 4.32. The summed E-state index contributed by atoms with van der Waals surface area (Å²) in [4.78, 5) is 24.4. The monoisotopic (exact) mass is 358 g/mol. The van der Waals surface area contributed by atoms with E-state index in [9.17, 15) is 4.79 Å². The van der Waals surface area contributed by atoms with Crippen LogP contribution < -0.4 is 9.80 Å². The maximum Gasteiger partial charge on any atom is 0.232 e. The van der Waals surface area contributed by atoms with Gasteiger partial charge in [-0.25, -0.2) is 4.98 Å². The SMILES string of the molecule is CC(C)N1CCN(c2cc(N(C)C(=O)C3(C)CCCCC3)ccn2)CC1. The molecule has 1 aliphatic carbocycles. The number of piperazine rings is 1. The van der Waals surface area contributed by atoms with Gasteiger partial charge in [-0.2, -0.15) is 0 Å². The predicted molar refractivity (Wildman–Crippen MR) is 108 cm³/mol. The van der Waals surface area contributed by atoms with E-state index in [2.05, 4.69) is 41.6 Å². The first-order valence-electron chi connectivity index (χ1n) is 10.1. The number of anilines is 2. The van der Waals surface area contributed by atoms with Crippen LogP contribution in [-0.2, 0) is 4.79 Å². The van der Waals surface area contributed by atoms with Crippen molar-refractivity contribution in [3.05, 3.63) is 18.3 Å². The molecule has 0 N–H and O–H groups in total. The number of carbonyl (C=O) groups excluding carboxylic acids is 1. The summed E-state index contributed by atoms with van der Waals surface area (Å²) in [5.41, 5.74) is 0.748. The molecule has 5 nitrogen and oxygen atoms in total. The number of rotatable bonds is 4. The van der Waals surface area contributed by atoms with Gasteiger partial charge in [0, 0.05) is 62.6 Å². The lowest BCUT2D eigenvalue weighted by molar-refractivity contribution is -0.128. The van der Waals surface area contributed by atoms with Crippen LogP contribution in [-0.4, -0.2) is 55.1 Å². The number of pyridine rings is 1. The number of nitrogens with zero attached hydrogens (tertiary/aromatic N) is 4. The van der Waals surface area contributed by atoms with Crippen molar-refractivity contribution in [1.82, 2.24) is 9.88 Å². The quantitative estimate of drug-likeness (QED) is 0.825. The van der Waals surface area contributed by atoms with E-state index in [1.807, 2.05) is 24.2 Å². The topological polar surface area (TPSA) is 39.7 Å². The van der Waals surface area contributed by atoms with Crippen LogP contribution in [0.25, 0.3) is 0 Å². The summed E-state index contributed by atoms with van der Waals surface area (Å²) in [6.07, 6.45) is 7.44. The molecule has 3 rings (SSSR count). The summed E-state index contributed by atoms with van der Waals surface area (Å²) < 4.78 is 0. The zero-order chi connectivity index (χ0) is 18.7. The van der Waals surface area contributed by atoms with Crippen LogP contribution in [0.4, 0.5) is 11.5 Å². The highest BCUT2D eigenvalue weighted by Gasteiger charge is 2.37. The van der Waals surface area contributed by atoms with Gasteiger partial charge in [-0.05, 0) is 32.8 Å². The number of amides is 1. The molecule has 26 heavy (non-hydrogen) atoms. The second-order valence-electron chi connectivity index (χ2n) is 8.47. The van der Waals surface area contributed by atoms with Crippen molar-refractivity contribution in [3.8, 4) is 0 Å². The summed E-state index contributed by atoms with van der Waals surface area (Å²) in [5, 5.41) is 0. The normalized spacial score (nSPS) is 21.0. The molecule has 1 aromatic rings. The maximum atomic E-state index is 13.1. The van der Waals surface area contributed by atoms with Crippen LogP contribution in [0.15, 0.2) is 18.3 Å². The van der Waals surface area contributed by atoms with Gasteiger partial charge in [0.15, 0.2) is 0 Å². The van der Waals surface area contributed by atoms with Crippen molar-refractivity contribution in [2.75, 3.05) is 43.0 Å². The first kappa shape index (κ1) is 19.2. The van der Waals surface area contributed by atoms with E-state index < -0.39 is 0 Å². The van der Waals surface area contributed by atoms with E-state index >= 15 is 0 Å². The third kappa shape index (κ3) is 4.03. The predicted octanol–water partition coefficient (Wildman–Crippen LogP) is 3.55. The van der Waals surface area contributed by atoms with Crippen molar-refractivity contribution in [1.29, 1.82) is 0 Å². The van der Waals surface area contributed by atoms with E-state index in [1.54, 1.807) is 0 Å². The maximum absolute atomic E-state index is 13.1. The Bertz CT molecular complexity index is 616. The van der Waals surface area contributed by atoms with Crippen LogP contribution in [0.3, 0.4) is 0 Å². The Labute approximate surface area is 158 Å². The molecule has 2 fully saturated rings. The molecular weight excluding hydrogens is 324 g/mol. The lowest BCUT2D eigenvalue weighted by Crippen LogP contribution is -2.49. The van der Waals surface area contributed by atoms with Crippen LogP contribution in [0.1, 0.15) is 52.9 Å². The molecule has 5 heteroatoms. The molecule has 0 spiro atoms. The molecule has 0 radical (unpaired) electrons. The van der Waals surface area contributed by atoms with Gasteiger partial charge in [-0.3, -0.25) is 9.69 Å². The first-order valence-corrected chi connectivity index (χ1v) is 10.1. The molecule has 0 unspecified atom stereocenters. The summed E-state index contributed by atoms with van der Waals surface area (Å²) in [5.74, 6) is 1.23. The molecule has 0 aromatic carbocycles. The highest BCUT2D eigenvalue weighted by molar-refractivity contribution is 5.97. The standard InChI is InChI=1S/C21H34N4O/c1-17(2)24-12-14-25(15-13-24)19-16-18(8-11-22-19)23(4)20(26)21(3)9-6-5-7-10-21/h8,11,16-17H,5-7,9-10,12-15H2,1-4H3. The molecule has 1 saturated carbocycles. The molecule has 1 aliphatic heterocycles. The van der Waals surface area contributed by atoms with E-state index in [0.29, 0.717) is 6.04 Å². The molecule has 144 valence electrons. The van der Waals surface area contributed by atoms with Crippen molar-refractivity contribution < 1.29 is 4.79 Å². The summed E-state index contributed by atoms with van der Waals surface area (Å²) in [7, 11) is 1.91. The van der Waals surface area contributed by atoms with E-state index in [-0.39, 0.29) is 11.3 Å². The van der Waals surface area contributed by atoms with Gasteiger partial charge >= 0.3 is 0 Å². The van der Waals surface area contributed by atoms with Crippen LogP contribution in [0.2, 0.25) is 0 Å². The van der Waals surface area contributed by atoms with Crippen molar-refractivity contribution in [2.24, 2.45) is 5.41 Å². The minimum Gasteiger partial charge on any atom is -0.354 e. The number of carbonyl (C=O) groups is 1. The van der Waals surface area contributed by atoms with Crippen molar-refractivity contribution in [2.45, 2.75) is 58.9 Å². The second kappa shape index (κ2) is 7.95. The molecule has 1 saturated heterocycles. The largest absolute Gasteiger partial charge is 0.354 e. The number of hydrogen-bond donors (Lipinski definition) is 0. The smallest absolute Gasteiger partial charge is 0.232 e. The van der Waals surface area contributed by atoms with E-state index in [0.717, 1.165) is 63.4 Å². The van der Waals surface area contributed by atoms with E-state index in [1.165, 1.54) is 6.42 Å². The van der Waals surface area contributed by atoms with Gasteiger partial charge in [0.2, 0.25) is 5.91 Å². The number of aromatic nitrogens is 1. The highest BCUT2D eigenvalue weighted by atomic mass is 16.2. The molecule has 1 amide bonds. The Balaban J connectivity index is 1.70. The average Bonchev–Trinajstić information content (AvgIpc) is 2.67. The third-order valence-electron chi connectivity index (χ3n) is 6.26. The average molecular weight is 359 g/mol. The Morgan fingerprint density at radius 3 is 2.42 bits per heavy atom. The Morgan fingerprint density at radius 2 is 1.81 bits per heavy atom. The van der Waals surface area contributed by atoms with Gasteiger partial charge in [-0.15, -0.1) is 0 Å². The lowest BCUT2D eigenvalue weighted by Gasteiger charge is -2.38. The van der Waals surface area contributed by atoms with Gasteiger partial charge in [-0.1, -0.05) is 26.2 Å². The van der Waals surface area contributed by atoms with Gasteiger partial charge in [0.25, 0.3) is 0 Å². The van der Waals surface area contributed by atoms with Crippen LogP contribution in [0.5, 0.6) is 0 Å². The Morgan fingerprint density at radius 1 is 1.15 bits per heavy atom. The Hall–Kier alpha value is -1.62. The minimum atomic E-state index is -0.209. The fraction of sp³-hybridized carbons (Fsp3) is 0.714. The van der Waals surface area contributed by atoms with Gasteiger partial charge in [0.05, 0.1) is 0 Å². The number of hydrogen-bond acceptors (Lipinski definition) is 4. The molecule has 2 aliphatic rings. The highest BCUT2D eigenvalue weighted by Crippen LogP contribution is 2.38. The zero-order valence-corrected chi connectivity index (χ0v) is 16.9. The summed E-state index contributed by atoms with van der Waals surface area (Å²) in [6, 6.07) is 4.63. The first-order chi connectivity index (χ1) is 12.4. The van der Waals surface area contributed by atoms with Crippen molar-refractivity contribution in [3.63, 3.8) is 0 Å². The third-order valence-corrected chi connectivity index (χ3v) is 6.26. The fourth-order valence-electron chi connectivity index (χ4n) is 4.32. The summed E-state index contributed by atoms with van der Waals surface area (Å²) >= 11 is 0. The minimum absolute atomic E-state index is 0.209. The second-order valence-corrected chi connectivity index (χ2v) is 8.47.